The Labute approximate surface area is 118 Å². The fourth-order valence-corrected chi connectivity index (χ4v) is 4.12. The van der Waals surface area contributed by atoms with Crippen LogP contribution in [0.5, 0.6) is 0 Å². The van der Waals surface area contributed by atoms with Gasteiger partial charge in [0.25, 0.3) is 0 Å². The minimum absolute atomic E-state index is 0.102. The summed E-state index contributed by atoms with van der Waals surface area (Å²) in [5.41, 5.74) is -0.284. The van der Waals surface area contributed by atoms with Crippen LogP contribution in [0.2, 0.25) is 0 Å². The lowest BCUT2D eigenvalue weighted by Gasteiger charge is -2.13. The van der Waals surface area contributed by atoms with Gasteiger partial charge in [0.05, 0.1) is 0 Å². The Morgan fingerprint density at radius 2 is 2.00 bits per heavy atom. The molecule has 0 spiro atoms. The lowest BCUT2D eigenvalue weighted by atomic mass is 10.2. The van der Waals surface area contributed by atoms with Crippen LogP contribution in [0.15, 0.2) is 9.31 Å². The third kappa shape index (κ3) is 3.04. The van der Waals surface area contributed by atoms with Gasteiger partial charge in [-0.05, 0) is 33.1 Å². The number of furan rings is 1. The Hall–Kier alpha value is -1.34. The first-order valence-corrected chi connectivity index (χ1v) is 8.06. The van der Waals surface area contributed by atoms with Gasteiger partial charge in [0.15, 0.2) is 0 Å². The third-order valence-electron chi connectivity index (χ3n) is 3.43. The molecule has 0 aliphatic heterocycles. The summed E-state index contributed by atoms with van der Waals surface area (Å²) in [5.74, 6) is -0.510. The van der Waals surface area contributed by atoms with E-state index in [1.165, 1.54) is 13.8 Å². The highest BCUT2D eigenvalue weighted by molar-refractivity contribution is 7.89. The largest absolute Gasteiger partial charge is 0.478 e. The molecule has 0 radical (unpaired) electrons. The van der Waals surface area contributed by atoms with Crippen molar-refractivity contribution in [2.45, 2.75) is 51.0 Å². The number of aryl methyl sites for hydroxylation is 2. The zero-order valence-electron chi connectivity index (χ0n) is 11.8. The van der Waals surface area contributed by atoms with Gasteiger partial charge in [-0.2, -0.15) is 0 Å². The molecule has 6 nitrogen and oxygen atoms in total. The number of rotatable bonds is 6. The zero-order valence-corrected chi connectivity index (χ0v) is 12.6. The average Bonchev–Trinajstić information content (AvgIpc) is 3.00. The second kappa shape index (κ2) is 5.21. The zero-order chi connectivity index (χ0) is 15.1. The highest BCUT2D eigenvalue weighted by Gasteiger charge is 2.33. The van der Waals surface area contributed by atoms with Crippen molar-refractivity contribution in [3.05, 3.63) is 17.1 Å². The number of carboxylic acids is 1. The summed E-state index contributed by atoms with van der Waals surface area (Å²) in [6.07, 6.45) is 3.05. The fraction of sp³-hybridized carbons (Fsp3) is 0.615. The minimum Gasteiger partial charge on any atom is -0.478 e. The first-order chi connectivity index (χ1) is 9.22. The van der Waals surface area contributed by atoms with Crippen LogP contribution >= 0.6 is 0 Å². The smallest absolute Gasteiger partial charge is 0.340 e. The van der Waals surface area contributed by atoms with E-state index >= 15 is 0 Å². The quantitative estimate of drug-likeness (QED) is 0.838. The van der Waals surface area contributed by atoms with Crippen molar-refractivity contribution in [2.24, 2.45) is 5.92 Å². The molecule has 0 bridgehead atoms. The lowest BCUT2D eigenvalue weighted by Crippen LogP contribution is -2.34. The Kier molecular flexibility index (Phi) is 3.93. The molecule has 1 aliphatic carbocycles. The van der Waals surface area contributed by atoms with Gasteiger partial charge in [0, 0.05) is 6.04 Å². The van der Waals surface area contributed by atoms with Crippen molar-refractivity contribution >= 4 is 16.0 Å². The summed E-state index contributed by atoms with van der Waals surface area (Å²) in [5, 5.41) is 9.16. The van der Waals surface area contributed by atoms with Crippen molar-refractivity contribution in [3.63, 3.8) is 0 Å². The monoisotopic (exact) mass is 301 g/mol. The van der Waals surface area contributed by atoms with Crippen LogP contribution in [0, 0.1) is 19.8 Å². The van der Waals surface area contributed by atoms with Crippen LogP contribution in [0.4, 0.5) is 0 Å². The van der Waals surface area contributed by atoms with Gasteiger partial charge < -0.3 is 9.52 Å². The first kappa shape index (κ1) is 15.1. The third-order valence-corrected chi connectivity index (χ3v) is 5.17. The Morgan fingerprint density at radius 3 is 2.50 bits per heavy atom. The number of sulfonamides is 1. The molecule has 2 N–H and O–H groups in total. The van der Waals surface area contributed by atoms with Crippen molar-refractivity contribution in [1.82, 2.24) is 4.72 Å². The normalized spacial score (nSPS) is 17.1. The molecule has 20 heavy (non-hydrogen) atoms. The van der Waals surface area contributed by atoms with E-state index in [9.17, 15) is 13.2 Å². The van der Waals surface area contributed by atoms with Crippen molar-refractivity contribution in [2.75, 3.05) is 0 Å². The van der Waals surface area contributed by atoms with E-state index in [1.54, 1.807) is 6.92 Å². The van der Waals surface area contributed by atoms with Crippen LogP contribution < -0.4 is 4.72 Å². The van der Waals surface area contributed by atoms with E-state index < -0.39 is 16.0 Å². The number of nitrogens with one attached hydrogen (secondary N) is 1. The Bertz CT molecular complexity index is 627. The first-order valence-electron chi connectivity index (χ1n) is 6.58. The molecule has 1 aromatic rings. The second-order valence-corrected chi connectivity index (χ2v) is 7.08. The molecule has 0 amide bonds. The maximum Gasteiger partial charge on any atom is 0.340 e. The van der Waals surface area contributed by atoms with Gasteiger partial charge in [-0.15, -0.1) is 0 Å². The molecule has 1 heterocycles. The van der Waals surface area contributed by atoms with E-state index in [0.29, 0.717) is 5.92 Å². The van der Waals surface area contributed by atoms with E-state index in [0.717, 1.165) is 19.3 Å². The molecule has 1 unspecified atom stereocenters. The van der Waals surface area contributed by atoms with E-state index in [-0.39, 0.29) is 28.0 Å². The van der Waals surface area contributed by atoms with E-state index in [4.69, 9.17) is 9.52 Å². The van der Waals surface area contributed by atoms with Crippen LogP contribution in [0.3, 0.4) is 0 Å². The predicted molar refractivity (Wildman–Crippen MR) is 72.3 cm³/mol. The number of hydrogen-bond acceptors (Lipinski definition) is 4. The number of carboxylic acid groups (broad SMARTS) is 1. The summed E-state index contributed by atoms with van der Waals surface area (Å²) in [6.45, 7) is 4.70. The highest BCUT2D eigenvalue weighted by Crippen LogP contribution is 2.34. The minimum atomic E-state index is -3.89. The summed E-state index contributed by atoms with van der Waals surface area (Å²) in [4.78, 5) is 11.0. The molecule has 1 atom stereocenters. The van der Waals surface area contributed by atoms with E-state index in [2.05, 4.69) is 4.72 Å². The van der Waals surface area contributed by atoms with Crippen molar-refractivity contribution < 1.29 is 22.7 Å². The second-order valence-electron chi connectivity index (χ2n) is 5.43. The molecule has 0 saturated heterocycles. The fourth-order valence-electron chi connectivity index (χ4n) is 2.46. The van der Waals surface area contributed by atoms with Gasteiger partial charge >= 0.3 is 5.97 Å². The Balaban J connectivity index is 2.30. The molecule has 1 aliphatic rings. The van der Waals surface area contributed by atoms with Crippen molar-refractivity contribution in [1.29, 1.82) is 0 Å². The predicted octanol–water partition coefficient (Wildman–Crippen LogP) is 2.06. The molecule has 1 saturated carbocycles. The summed E-state index contributed by atoms with van der Waals surface area (Å²) in [7, 11) is -3.89. The number of hydrogen-bond donors (Lipinski definition) is 2. The maximum atomic E-state index is 12.4. The van der Waals surface area contributed by atoms with Crippen molar-refractivity contribution in [3.8, 4) is 0 Å². The van der Waals surface area contributed by atoms with Gasteiger partial charge in [-0.1, -0.05) is 12.8 Å². The van der Waals surface area contributed by atoms with Gasteiger partial charge in [-0.25, -0.2) is 17.9 Å². The highest BCUT2D eigenvalue weighted by atomic mass is 32.2. The van der Waals surface area contributed by atoms with Crippen LogP contribution in [-0.2, 0) is 10.0 Å². The number of carbonyl (C=O) groups is 1. The molecule has 112 valence electrons. The molecule has 0 aromatic carbocycles. The maximum absolute atomic E-state index is 12.4. The Morgan fingerprint density at radius 1 is 1.40 bits per heavy atom. The van der Waals surface area contributed by atoms with Crippen LogP contribution in [0.1, 0.15) is 48.1 Å². The molecule has 7 heteroatoms. The average molecular weight is 301 g/mol. The molecule has 2 rings (SSSR count). The molecular formula is C13H19NO5S. The molecular weight excluding hydrogens is 282 g/mol. The standard InChI is InChI=1S/C13H19NO5S/c1-7(6-10-4-5-10)14-20(17,18)12-9(3)19-8(2)11(12)13(15)16/h7,10,14H,4-6H2,1-3H3,(H,15,16). The summed E-state index contributed by atoms with van der Waals surface area (Å²) < 4.78 is 32.4. The summed E-state index contributed by atoms with van der Waals surface area (Å²) in [6, 6.07) is -0.219. The number of aromatic carboxylic acids is 1. The summed E-state index contributed by atoms with van der Waals surface area (Å²) >= 11 is 0. The lowest BCUT2D eigenvalue weighted by molar-refractivity contribution is 0.0691. The van der Waals surface area contributed by atoms with Crippen LogP contribution in [-0.4, -0.2) is 25.5 Å². The SMILES string of the molecule is Cc1oc(C)c(S(=O)(=O)NC(C)CC2CC2)c1C(=O)O. The van der Waals surface area contributed by atoms with Gasteiger partial charge in [0.2, 0.25) is 10.0 Å². The van der Waals surface area contributed by atoms with Gasteiger partial charge in [-0.3, -0.25) is 0 Å². The van der Waals surface area contributed by atoms with Gasteiger partial charge in [0.1, 0.15) is 22.0 Å². The van der Waals surface area contributed by atoms with Crippen LogP contribution in [0.25, 0.3) is 0 Å². The molecule has 1 aromatic heterocycles. The molecule has 1 fully saturated rings. The van der Waals surface area contributed by atoms with E-state index in [1.807, 2.05) is 0 Å². The topological polar surface area (TPSA) is 96.6 Å².